The van der Waals surface area contributed by atoms with Gasteiger partial charge in [0.05, 0.1) is 11.6 Å². The van der Waals surface area contributed by atoms with Crippen LogP contribution in [0.5, 0.6) is 5.75 Å². The molecule has 18 heavy (non-hydrogen) atoms. The molecule has 1 N–H and O–H groups in total. The molecule has 2 atom stereocenters. The standard InChI is InChI=1S/C13H16BrNO3/c1-8-3-4-12(10(14)5-8)18-9-6-11(15-7-9)13(16)17-2/h3-5,9,11,15H,6-7H2,1-2H3/t9?,11-/m0/s1. The fourth-order valence-electron chi connectivity index (χ4n) is 2.00. The molecule has 1 saturated heterocycles. The van der Waals surface area contributed by atoms with Crippen LogP contribution in [0.1, 0.15) is 12.0 Å². The summed E-state index contributed by atoms with van der Waals surface area (Å²) in [5.74, 6) is 0.571. The maximum atomic E-state index is 11.4. The van der Waals surface area contributed by atoms with Crippen molar-refractivity contribution in [3.05, 3.63) is 28.2 Å². The van der Waals surface area contributed by atoms with Gasteiger partial charge in [0.15, 0.2) is 0 Å². The number of hydrogen-bond donors (Lipinski definition) is 1. The Morgan fingerprint density at radius 2 is 2.28 bits per heavy atom. The molecule has 1 unspecified atom stereocenters. The SMILES string of the molecule is COC(=O)[C@@H]1CC(Oc2ccc(C)cc2Br)CN1. The monoisotopic (exact) mass is 313 g/mol. The first-order valence-corrected chi connectivity index (χ1v) is 6.63. The van der Waals surface area contributed by atoms with E-state index < -0.39 is 0 Å². The van der Waals surface area contributed by atoms with E-state index in [2.05, 4.69) is 21.2 Å². The van der Waals surface area contributed by atoms with Crippen LogP contribution in [0.25, 0.3) is 0 Å². The van der Waals surface area contributed by atoms with Crippen LogP contribution in [0.15, 0.2) is 22.7 Å². The molecule has 1 fully saturated rings. The van der Waals surface area contributed by atoms with Gasteiger partial charge in [-0.25, -0.2) is 0 Å². The highest BCUT2D eigenvalue weighted by Crippen LogP contribution is 2.28. The number of hydrogen-bond acceptors (Lipinski definition) is 4. The minimum Gasteiger partial charge on any atom is -0.488 e. The zero-order valence-electron chi connectivity index (χ0n) is 10.4. The van der Waals surface area contributed by atoms with Crippen LogP contribution in [0.3, 0.4) is 0 Å². The Hall–Kier alpha value is -1.07. The summed E-state index contributed by atoms with van der Waals surface area (Å²) in [5, 5.41) is 3.09. The van der Waals surface area contributed by atoms with Crippen LogP contribution in [0.2, 0.25) is 0 Å². The highest BCUT2D eigenvalue weighted by Gasteiger charge is 2.31. The molecule has 98 valence electrons. The molecule has 4 nitrogen and oxygen atoms in total. The smallest absolute Gasteiger partial charge is 0.323 e. The summed E-state index contributed by atoms with van der Waals surface area (Å²) in [7, 11) is 1.40. The first-order chi connectivity index (χ1) is 8.60. The van der Waals surface area contributed by atoms with Gasteiger partial charge in [0.2, 0.25) is 0 Å². The average molecular weight is 314 g/mol. The second-order valence-corrected chi connectivity index (χ2v) is 5.25. The fraction of sp³-hybridized carbons (Fsp3) is 0.462. The summed E-state index contributed by atoms with van der Waals surface area (Å²) in [6, 6.07) is 5.69. The molecule has 0 saturated carbocycles. The predicted octanol–water partition coefficient (Wildman–Crippen LogP) is 2.04. The molecule has 0 spiro atoms. The van der Waals surface area contributed by atoms with Crippen LogP contribution in [0.4, 0.5) is 0 Å². The largest absolute Gasteiger partial charge is 0.488 e. The van der Waals surface area contributed by atoms with Crippen molar-refractivity contribution >= 4 is 21.9 Å². The lowest BCUT2D eigenvalue weighted by molar-refractivity contribution is -0.142. The summed E-state index contributed by atoms with van der Waals surface area (Å²) in [5.41, 5.74) is 1.17. The Morgan fingerprint density at radius 1 is 1.50 bits per heavy atom. The summed E-state index contributed by atoms with van der Waals surface area (Å²) in [4.78, 5) is 11.4. The quantitative estimate of drug-likeness (QED) is 0.868. The molecule has 0 amide bonds. The molecule has 2 rings (SSSR count). The van der Waals surface area contributed by atoms with Crippen LogP contribution >= 0.6 is 15.9 Å². The van der Waals surface area contributed by atoms with E-state index in [-0.39, 0.29) is 18.1 Å². The lowest BCUT2D eigenvalue weighted by Crippen LogP contribution is -2.31. The van der Waals surface area contributed by atoms with E-state index in [1.807, 2.05) is 25.1 Å². The van der Waals surface area contributed by atoms with Gasteiger partial charge in [0, 0.05) is 13.0 Å². The number of esters is 1. The van der Waals surface area contributed by atoms with E-state index >= 15 is 0 Å². The highest BCUT2D eigenvalue weighted by atomic mass is 79.9. The molecular weight excluding hydrogens is 298 g/mol. The Bertz CT molecular complexity index is 450. The first-order valence-electron chi connectivity index (χ1n) is 5.84. The van der Waals surface area contributed by atoms with E-state index in [0.717, 1.165) is 10.2 Å². The lowest BCUT2D eigenvalue weighted by Gasteiger charge is -2.14. The molecule has 0 aliphatic carbocycles. The van der Waals surface area contributed by atoms with E-state index in [1.54, 1.807) is 0 Å². The van der Waals surface area contributed by atoms with Gasteiger partial charge in [-0.3, -0.25) is 4.79 Å². The van der Waals surface area contributed by atoms with Crippen molar-refractivity contribution in [2.45, 2.75) is 25.5 Å². The van der Waals surface area contributed by atoms with E-state index in [4.69, 9.17) is 9.47 Å². The molecule has 0 radical (unpaired) electrons. The summed E-state index contributed by atoms with van der Waals surface area (Å²) < 4.78 is 11.5. The first kappa shape index (κ1) is 13.4. The molecule has 1 aromatic carbocycles. The topological polar surface area (TPSA) is 47.6 Å². The van der Waals surface area contributed by atoms with Crippen molar-refractivity contribution in [3.63, 3.8) is 0 Å². The summed E-state index contributed by atoms with van der Waals surface area (Å²) in [6.45, 7) is 2.68. The maximum absolute atomic E-state index is 11.4. The number of carbonyl (C=O) groups is 1. The molecule has 1 aliphatic rings. The number of halogens is 1. The Morgan fingerprint density at radius 3 is 2.94 bits per heavy atom. The van der Waals surface area contributed by atoms with E-state index in [9.17, 15) is 4.79 Å². The number of benzene rings is 1. The van der Waals surface area contributed by atoms with Gasteiger partial charge in [0.25, 0.3) is 0 Å². The number of nitrogens with one attached hydrogen (secondary N) is 1. The third-order valence-corrected chi connectivity index (χ3v) is 3.58. The van der Waals surface area contributed by atoms with Gasteiger partial charge < -0.3 is 14.8 Å². The van der Waals surface area contributed by atoms with Crippen LogP contribution in [0, 0.1) is 6.92 Å². The second kappa shape index (κ2) is 5.71. The van der Waals surface area contributed by atoms with Crippen LogP contribution in [-0.2, 0) is 9.53 Å². The summed E-state index contributed by atoms with van der Waals surface area (Å²) >= 11 is 3.48. The Balaban J connectivity index is 1.97. The van der Waals surface area contributed by atoms with Crippen LogP contribution < -0.4 is 10.1 Å². The van der Waals surface area contributed by atoms with Crippen molar-refractivity contribution in [2.24, 2.45) is 0 Å². The van der Waals surface area contributed by atoms with Crippen molar-refractivity contribution < 1.29 is 14.3 Å². The minimum atomic E-state index is -0.260. The average Bonchev–Trinajstić information content (AvgIpc) is 2.80. The molecule has 1 aromatic rings. The van der Waals surface area contributed by atoms with Gasteiger partial charge in [0.1, 0.15) is 17.9 Å². The number of ether oxygens (including phenoxy) is 2. The predicted molar refractivity (Wildman–Crippen MR) is 71.7 cm³/mol. The minimum absolute atomic E-state index is 0.00638. The van der Waals surface area contributed by atoms with Gasteiger partial charge in [-0.05, 0) is 40.5 Å². The molecule has 0 bridgehead atoms. The van der Waals surface area contributed by atoms with Crippen molar-refractivity contribution in [1.29, 1.82) is 0 Å². The molecule has 0 aromatic heterocycles. The number of methoxy groups -OCH3 is 1. The Labute approximate surface area is 115 Å². The number of rotatable bonds is 3. The third-order valence-electron chi connectivity index (χ3n) is 2.96. The van der Waals surface area contributed by atoms with Gasteiger partial charge in [-0.1, -0.05) is 6.07 Å². The van der Waals surface area contributed by atoms with Gasteiger partial charge in [-0.2, -0.15) is 0 Å². The van der Waals surface area contributed by atoms with Crippen molar-refractivity contribution in [1.82, 2.24) is 5.32 Å². The number of carbonyl (C=O) groups excluding carboxylic acids is 1. The van der Waals surface area contributed by atoms with Crippen molar-refractivity contribution in [2.75, 3.05) is 13.7 Å². The molecular formula is C13H16BrNO3. The molecule has 1 aliphatic heterocycles. The highest BCUT2D eigenvalue weighted by molar-refractivity contribution is 9.10. The Kier molecular flexibility index (Phi) is 4.24. The molecule has 5 heteroatoms. The normalized spacial score (nSPS) is 22.8. The van der Waals surface area contributed by atoms with Gasteiger partial charge >= 0.3 is 5.97 Å². The number of aryl methyl sites for hydroxylation is 1. The molecule has 1 heterocycles. The van der Waals surface area contributed by atoms with Gasteiger partial charge in [-0.15, -0.1) is 0 Å². The van der Waals surface area contributed by atoms with E-state index in [1.165, 1.54) is 12.7 Å². The third kappa shape index (κ3) is 3.03. The van der Waals surface area contributed by atoms with Crippen molar-refractivity contribution in [3.8, 4) is 5.75 Å². The second-order valence-electron chi connectivity index (χ2n) is 4.39. The van der Waals surface area contributed by atoms with E-state index in [0.29, 0.717) is 13.0 Å². The van der Waals surface area contributed by atoms with Crippen LogP contribution in [-0.4, -0.2) is 31.8 Å². The zero-order chi connectivity index (χ0) is 13.1. The zero-order valence-corrected chi connectivity index (χ0v) is 12.0. The maximum Gasteiger partial charge on any atom is 0.323 e. The summed E-state index contributed by atoms with van der Waals surface area (Å²) in [6.07, 6.45) is 0.626. The fourth-order valence-corrected chi connectivity index (χ4v) is 2.58. The lowest BCUT2D eigenvalue weighted by atomic mass is 10.2.